The standard InChI is InChI=1S/C24H34N2O5S/c1-3-5-18-32(28,29)26-23(24(27)30-4-2)19-21-9-11-22(12-10-21)31-17-7-6-8-20-13-15-25-16-14-20/h9-16,23,26H,3-8,17-19H2,1-2H3/t23-/m0/s1. The van der Waals surface area contributed by atoms with Gasteiger partial charge in [0.25, 0.3) is 0 Å². The lowest BCUT2D eigenvalue weighted by Gasteiger charge is -2.17. The normalized spacial score (nSPS) is 12.3. The second-order valence-corrected chi connectivity index (χ2v) is 9.48. The number of nitrogens with zero attached hydrogens (tertiary/aromatic N) is 1. The lowest BCUT2D eigenvalue weighted by molar-refractivity contribution is -0.145. The molecule has 0 aliphatic rings. The van der Waals surface area contributed by atoms with Crippen LogP contribution in [-0.2, 0) is 32.4 Å². The molecule has 0 amide bonds. The number of benzene rings is 1. The van der Waals surface area contributed by atoms with Crippen LogP contribution in [0.1, 0.15) is 50.7 Å². The van der Waals surface area contributed by atoms with E-state index >= 15 is 0 Å². The Bertz CT molecular complexity index is 902. The van der Waals surface area contributed by atoms with Crippen molar-refractivity contribution in [2.45, 2.75) is 58.4 Å². The fraction of sp³-hybridized carbons (Fsp3) is 0.500. The van der Waals surface area contributed by atoms with E-state index in [1.807, 2.05) is 43.3 Å². The van der Waals surface area contributed by atoms with Crippen LogP contribution < -0.4 is 9.46 Å². The summed E-state index contributed by atoms with van der Waals surface area (Å²) < 4.78 is 37.9. The van der Waals surface area contributed by atoms with Gasteiger partial charge in [-0.2, -0.15) is 0 Å². The Morgan fingerprint density at radius 1 is 1.00 bits per heavy atom. The number of esters is 1. The summed E-state index contributed by atoms with van der Waals surface area (Å²) in [6.07, 6.45) is 8.09. The third-order valence-electron chi connectivity index (χ3n) is 4.90. The molecule has 32 heavy (non-hydrogen) atoms. The Morgan fingerprint density at radius 2 is 1.72 bits per heavy atom. The maximum Gasteiger partial charge on any atom is 0.324 e. The van der Waals surface area contributed by atoms with Crippen LogP contribution in [0.4, 0.5) is 0 Å². The molecule has 0 saturated carbocycles. The number of ether oxygens (including phenoxy) is 2. The van der Waals surface area contributed by atoms with E-state index in [1.54, 1.807) is 19.3 Å². The molecular formula is C24H34N2O5S. The van der Waals surface area contributed by atoms with E-state index in [0.717, 1.165) is 37.0 Å². The summed E-state index contributed by atoms with van der Waals surface area (Å²) in [5.41, 5.74) is 2.09. The molecule has 2 aromatic rings. The van der Waals surface area contributed by atoms with Crippen molar-refractivity contribution in [1.29, 1.82) is 0 Å². The number of carbonyl (C=O) groups is 1. The van der Waals surface area contributed by atoms with Crippen LogP contribution in [0.5, 0.6) is 5.75 Å². The first-order chi connectivity index (χ1) is 15.4. The Balaban J connectivity index is 1.84. The molecule has 0 saturated heterocycles. The zero-order valence-corrected chi connectivity index (χ0v) is 19.8. The second-order valence-electron chi connectivity index (χ2n) is 7.60. The maximum absolute atomic E-state index is 12.3. The molecule has 1 heterocycles. The molecule has 0 aliphatic heterocycles. The topological polar surface area (TPSA) is 94.6 Å². The Kier molecular flexibility index (Phi) is 11.2. The van der Waals surface area contributed by atoms with Gasteiger partial charge in [0, 0.05) is 12.4 Å². The number of pyridine rings is 1. The van der Waals surface area contributed by atoms with Gasteiger partial charge in [-0.05, 0) is 74.4 Å². The Morgan fingerprint density at radius 3 is 2.38 bits per heavy atom. The summed E-state index contributed by atoms with van der Waals surface area (Å²) in [6, 6.07) is 10.5. The summed E-state index contributed by atoms with van der Waals surface area (Å²) in [5.74, 6) is 0.170. The minimum Gasteiger partial charge on any atom is -0.494 e. The summed E-state index contributed by atoms with van der Waals surface area (Å²) in [4.78, 5) is 16.3. The van der Waals surface area contributed by atoms with Crippen LogP contribution in [0.3, 0.4) is 0 Å². The summed E-state index contributed by atoms with van der Waals surface area (Å²) in [7, 11) is -3.55. The van der Waals surface area contributed by atoms with Gasteiger partial charge in [0.2, 0.25) is 10.0 Å². The number of aryl methyl sites for hydroxylation is 1. The number of carbonyl (C=O) groups excluding carboxylic acids is 1. The lowest BCUT2D eigenvalue weighted by Crippen LogP contribution is -2.44. The number of rotatable bonds is 15. The molecule has 0 radical (unpaired) electrons. The van der Waals surface area contributed by atoms with Crippen molar-refractivity contribution in [3.63, 3.8) is 0 Å². The quantitative estimate of drug-likeness (QED) is 0.321. The van der Waals surface area contributed by atoms with E-state index < -0.39 is 22.0 Å². The van der Waals surface area contributed by atoms with Gasteiger partial charge < -0.3 is 9.47 Å². The van der Waals surface area contributed by atoms with E-state index in [0.29, 0.717) is 13.0 Å². The minimum absolute atomic E-state index is 0.00660. The molecular weight excluding hydrogens is 428 g/mol. The van der Waals surface area contributed by atoms with Gasteiger partial charge in [-0.3, -0.25) is 9.78 Å². The largest absolute Gasteiger partial charge is 0.494 e. The van der Waals surface area contributed by atoms with Gasteiger partial charge in [0.05, 0.1) is 19.0 Å². The zero-order valence-electron chi connectivity index (χ0n) is 19.0. The van der Waals surface area contributed by atoms with Gasteiger partial charge in [0.15, 0.2) is 0 Å². The minimum atomic E-state index is -3.55. The van der Waals surface area contributed by atoms with Crippen LogP contribution in [-0.4, -0.2) is 44.4 Å². The third-order valence-corrected chi connectivity index (χ3v) is 6.37. The molecule has 1 N–H and O–H groups in total. The van der Waals surface area contributed by atoms with E-state index in [1.165, 1.54) is 5.56 Å². The fourth-order valence-electron chi connectivity index (χ4n) is 3.15. The fourth-order valence-corrected chi connectivity index (χ4v) is 4.55. The van der Waals surface area contributed by atoms with Crippen LogP contribution in [0.15, 0.2) is 48.8 Å². The number of nitrogens with one attached hydrogen (secondary N) is 1. The van der Waals surface area contributed by atoms with Gasteiger partial charge in [-0.25, -0.2) is 13.1 Å². The predicted molar refractivity (Wildman–Crippen MR) is 125 cm³/mol. The predicted octanol–water partition coefficient (Wildman–Crippen LogP) is 3.68. The highest BCUT2D eigenvalue weighted by Gasteiger charge is 2.25. The molecule has 0 fully saturated rings. The van der Waals surface area contributed by atoms with Crippen LogP contribution in [0.2, 0.25) is 0 Å². The van der Waals surface area contributed by atoms with Crippen LogP contribution in [0, 0.1) is 0 Å². The van der Waals surface area contributed by atoms with Gasteiger partial charge in [0.1, 0.15) is 11.8 Å². The van der Waals surface area contributed by atoms with E-state index in [2.05, 4.69) is 9.71 Å². The summed E-state index contributed by atoms with van der Waals surface area (Å²) >= 11 is 0. The zero-order chi connectivity index (χ0) is 23.2. The summed E-state index contributed by atoms with van der Waals surface area (Å²) in [6.45, 7) is 4.43. The van der Waals surface area contributed by atoms with Gasteiger partial charge >= 0.3 is 5.97 Å². The van der Waals surface area contributed by atoms with Crippen molar-refractivity contribution in [3.05, 3.63) is 59.9 Å². The molecule has 0 aliphatic carbocycles. The van der Waals surface area contributed by atoms with E-state index in [9.17, 15) is 13.2 Å². The van der Waals surface area contributed by atoms with Crippen molar-refractivity contribution in [2.24, 2.45) is 0 Å². The SMILES string of the molecule is CCCCS(=O)(=O)N[C@@H](Cc1ccc(OCCCCc2ccncc2)cc1)C(=O)OCC. The van der Waals surface area contributed by atoms with E-state index in [4.69, 9.17) is 9.47 Å². The van der Waals surface area contributed by atoms with Crippen molar-refractivity contribution in [2.75, 3.05) is 19.0 Å². The lowest BCUT2D eigenvalue weighted by atomic mass is 10.1. The van der Waals surface area contributed by atoms with Crippen molar-refractivity contribution >= 4 is 16.0 Å². The van der Waals surface area contributed by atoms with Crippen molar-refractivity contribution in [1.82, 2.24) is 9.71 Å². The van der Waals surface area contributed by atoms with Crippen molar-refractivity contribution in [3.8, 4) is 5.75 Å². The first kappa shape index (κ1) is 25.8. The number of unbranched alkanes of at least 4 members (excludes halogenated alkanes) is 2. The number of hydrogen-bond acceptors (Lipinski definition) is 6. The molecule has 1 aromatic heterocycles. The smallest absolute Gasteiger partial charge is 0.324 e. The second kappa shape index (κ2) is 13.9. The first-order valence-electron chi connectivity index (χ1n) is 11.2. The molecule has 176 valence electrons. The average molecular weight is 463 g/mol. The molecule has 1 atom stereocenters. The molecule has 0 spiro atoms. The van der Waals surface area contributed by atoms with Gasteiger partial charge in [-0.15, -0.1) is 0 Å². The van der Waals surface area contributed by atoms with Crippen molar-refractivity contribution < 1.29 is 22.7 Å². The molecule has 7 nitrogen and oxygen atoms in total. The highest BCUT2D eigenvalue weighted by atomic mass is 32.2. The Labute approximate surface area is 191 Å². The monoisotopic (exact) mass is 462 g/mol. The molecule has 1 aromatic carbocycles. The maximum atomic E-state index is 12.3. The highest BCUT2D eigenvalue weighted by Crippen LogP contribution is 2.15. The third kappa shape index (κ3) is 9.78. The van der Waals surface area contributed by atoms with Gasteiger partial charge in [-0.1, -0.05) is 25.5 Å². The first-order valence-corrected chi connectivity index (χ1v) is 12.9. The number of aromatic nitrogens is 1. The number of sulfonamides is 1. The highest BCUT2D eigenvalue weighted by molar-refractivity contribution is 7.89. The number of hydrogen-bond donors (Lipinski definition) is 1. The molecule has 8 heteroatoms. The van der Waals surface area contributed by atoms with E-state index in [-0.39, 0.29) is 18.8 Å². The van der Waals surface area contributed by atoms with Crippen LogP contribution in [0.25, 0.3) is 0 Å². The average Bonchev–Trinajstić information content (AvgIpc) is 2.79. The molecule has 0 bridgehead atoms. The molecule has 0 unspecified atom stereocenters. The Hall–Kier alpha value is -2.45. The molecule has 2 rings (SSSR count). The summed E-state index contributed by atoms with van der Waals surface area (Å²) in [5, 5.41) is 0. The van der Waals surface area contributed by atoms with Crippen LogP contribution >= 0.6 is 0 Å².